The number of aliphatic hydroxyl groups is 1. The molecule has 0 aliphatic carbocycles. The third-order valence-electron chi connectivity index (χ3n) is 5.93. The van der Waals surface area contributed by atoms with E-state index in [9.17, 15) is 18.3 Å². The van der Waals surface area contributed by atoms with Crippen molar-refractivity contribution in [1.29, 1.82) is 0 Å². The monoisotopic (exact) mass is 391 g/mol. The largest absolute Gasteiger partial charge is 0.573 e. The van der Waals surface area contributed by atoms with Crippen LogP contribution in [0.2, 0.25) is 0 Å². The molecule has 1 N–H and O–H groups in total. The Morgan fingerprint density at radius 1 is 0.964 bits per heavy atom. The number of halogens is 3. The summed E-state index contributed by atoms with van der Waals surface area (Å²) in [6.07, 6.45) is -1.41. The highest BCUT2D eigenvalue weighted by Gasteiger charge is 2.47. The lowest BCUT2D eigenvalue weighted by atomic mass is 9.81. The van der Waals surface area contributed by atoms with E-state index in [0.29, 0.717) is 18.4 Å². The number of fused-ring (bicyclic) bond motifs is 2. The van der Waals surface area contributed by atoms with Gasteiger partial charge < -0.3 is 9.84 Å². The fraction of sp³-hybridized carbons (Fsp3) is 0.455. The molecule has 4 rings (SSSR count). The molecule has 2 atom stereocenters. The molecule has 0 amide bonds. The Labute approximate surface area is 162 Å². The van der Waals surface area contributed by atoms with Crippen molar-refractivity contribution in [2.24, 2.45) is 0 Å². The van der Waals surface area contributed by atoms with Crippen LogP contribution < -0.4 is 4.74 Å². The second kappa shape index (κ2) is 7.41. The van der Waals surface area contributed by atoms with Crippen molar-refractivity contribution in [2.75, 3.05) is 0 Å². The first-order valence-corrected chi connectivity index (χ1v) is 9.67. The van der Waals surface area contributed by atoms with E-state index in [1.165, 1.54) is 17.7 Å². The molecule has 6 heteroatoms. The smallest absolute Gasteiger partial charge is 0.406 e. The lowest BCUT2D eigenvalue weighted by molar-refractivity contribution is -0.275. The summed E-state index contributed by atoms with van der Waals surface area (Å²) >= 11 is 0. The van der Waals surface area contributed by atoms with Crippen LogP contribution in [0.4, 0.5) is 13.2 Å². The third-order valence-corrected chi connectivity index (χ3v) is 5.93. The van der Waals surface area contributed by atoms with Crippen LogP contribution in [0.25, 0.3) is 0 Å². The Balaban J connectivity index is 1.48. The summed E-state index contributed by atoms with van der Waals surface area (Å²) in [5, 5.41) is 11.2. The Kier molecular flexibility index (Phi) is 5.10. The molecule has 2 aliphatic heterocycles. The van der Waals surface area contributed by atoms with Gasteiger partial charge in [-0.25, -0.2) is 0 Å². The molecule has 2 aromatic rings. The SMILES string of the molecule is OC1(Cc2ccccc2OC(F)(F)F)CC2CCC(C1)N2Cc1ccccc1. The molecule has 2 bridgehead atoms. The van der Waals surface area contributed by atoms with E-state index in [4.69, 9.17) is 0 Å². The van der Waals surface area contributed by atoms with Crippen molar-refractivity contribution < 1.29 is 23.0 Å². The van der Waals surface area contributed by atoms with Gasteiger partial charge >= 0.3 is 6.36 Å². The van der Waals surface area contributed by atoms with Crippen molar-refractivity contribution in [1.82, 2.24) is 4.90 Å². The summed E-state index contributed by atoms with van der Waals surface area (Å²) in [7, 11) is 0. The molecule has 3 nitrogen and oxygen atoms in total. The second-order valence-corrected chi connectivity index (χ2v) is 8.01. The minimum Gasteiger partial charge on any atom is -0.406 e. The average molecular weight is 391 g/mol. The maximum absolute atomic E-state index is 12.7. The summed E-state index contributed by atoms with van der Waals surface area (Å²) < 4.78 is 42.3. The number of ether oxygens (including phenoxy) is 1. The summed E-state index contributed by atoms with van der Waals surface area (Å²) in [4.78, 5) is 2.45. The number of hydrogen-bond acceptors (Lipinski definition) is 3. The minimum atomic E-state index is -4.74. The predicted molar refractivity (Wildman–Crippen MR) is 99.8 cm³/mol. The molecule has 2 unspecified atom stereocenters. The standard InChI is InChI=1S/C22H24F3NO2/c23-22(24,25)28-20-9-5-4-8-17(20)12-21(27)13-18-10-11-19(14-21)26(18)15-16-6-2-1-3-7-16/h1-9,18-19,27H,10-15H2. The molecular weight excluding hydrogens is 367 g/mol. The van der Waals surface area contributed by atoms with Gasteiger partial charge in [0.15, 0.2) is 0 Å². The van der Waals surface area contributed by atoms with Crippen LogP contribution in [0.1, 0.15) is 36.8 Å². The van der Waals surface area contributed by atoms with Crippen LogP contribution in [0, 0.1) is 0 Å². The fourth-order valence-corrected chi connectivity index (χ4v) is 4.84. The van der Waals surface area contributed by atoms with Gasteiger partial charge in [-0.3, -0.25) is 4.90 Å². The van der Waals surface area contributed by atoms with E-state index >= 15 is 0 Å². The lowest BCUT2D eigenvalue weighted by Crippen LogP contribution is -2.51. The van der Waals surface area contributed by atoms with Gasteiger partial charge in [-0.05, 0) is 42.9 Å². The molecule has 0 spiro atoms. The second-order valence-electron chi connectivity index (χ2n) is 8.01. The minimum absolute atomic E-state index is 0.172. The highest BCUT2D eigenvalue weighted by molar-refractivity contribution is 5.35. The van der Waals surface area contributed by atoms with Crippen LogP contribution >= 0.6 is 0 Å². The van der Waals surface area contributed by atoms with Crippen molar-refractivity contribution in [3.05, 3.63) is 65.7 Å². The van der Waals surface area contributed by atoms with Gasteiger partial charge in [0.25, 0.3) is 0 Å². The van der Waals surface area contributed by atoms with Crippen LogP contribution in [0.15, 0.2) is 54.6 Å². The number of piperidine rings is 1. The van der Waals surface area contributed by atoms with Gasteiger partial charge in [-0.2, -0.15) is 0 Å². The molecule has 0 saturated carbocycles. The maximum atomic E-state index is 12.7. The molecule has 150 valence electrons. The zero-order valence-corrected chi connectivity index (χ0v) is 15.5. The van der Waals surface area contributed by atoms with Crippen molar-refractivity contribution in [3.8, 4) is 5.75 Å². The molecule has 2 heterocycles. The average Bonchev–Trinajstić information content (AvgIpc) is 2.87. The van der Waals surface area contributed by atoms with E-state index in [-0.39, 0.29) is 24.3 Å². The Morgan fingerprint density at radius 3 is 2.21 bits per heavy atom. The van der Waals surface area contributed by atoms with Crippen LogP contribution in [-0.2, 0) is 13.0 Å². The summed E-state index contributed by atoms with van der Waals surface area (Å²) in [5.74, 6) is -0.220. The fourth-order valence-electron chi connectivity index (χ4n) is 4.84. The van der Waals surface area contributed by atoms with Gasteiger partial charge in [0.2, 0.25) is 0 Å². The Hall–Kier alpha value is -2.05. The number of alkyl halides is 3. The van der Waals surface area contributed by atoms with Gasteiger partial charge in [-0.15, -0.1) is 13.2 Å². The van der Waals surface area contributed by atoms with Gasteiger partial charge in [0.05, 0.1) is 5.60 Å². The molecule has 2 saturated heterocycles. The van der Waals surface area contributed by atoms with Gasteiger partial charge in [0, 0.05) is 25.0 Å². The summed E-state index contributed by atoms with van der Waals surface area (Å²) in [5.41, 5.74) is 0.636. The first-order chi connectivity index (χ1) is 13.3. The number of benzene rings is 2. The van der Waals surface area contributed by atoms with Crippen LogP contribution in [0.5, 0.6) is 5.75 Å². The Morgan fingerprint density at radius 2 is 1.57 bits per heavy atom. The van der Waals surface area contributed by atoms with Crippen LogP contribution in [0.3, 0.4) is 0 Å². The number of nitrogens with zero attached hydrogens (tertiary/aromatic N) is 1. The normalized spacial score (nSPS) is 27.7. The number of para-hydroxylation sites is 1. The highest BCUT2D eigenvalue weighted by Crippen LogP contribution is 2.44. The van der Waals surface area contributed by atoms with E-state index < -0.39 is 12.0 Å². The first kappa shape index (κ1) is 19.3. The van der Waals surface area contributed by atoms with Crippen molar-refractivity contribution in [2.45, 2.75) is 62.7 Å². The van der Waals surface area contributed by atoms with Crippen molar-refractivity contribution >= 4 is 0 Å². The third kappa shape index (κ3) is 4.33. The number of rotatable bonds is 5. The zero-order valence-electron chi connectivity index (χ0n) is 15.5. The molecule has 0 radical (unpaired) electrons. The van der Waals surface area contributed by atoms with E-state index in [2.05, 4.69) is 21.8 Å². The van der Waals surface area contributed by atoms with E-state index in [1.807, 2.05) is 18.2 Å². The summed E-state index contributed by atoms with van der Waals surface area (Å²) in [6.45, 7) is 0.847. The van der Waals surface area contributed by atoms with E-state index in [1.54, 1.807) is 12.1 Å². The molecule has 2 aliphatic rings. The first-order valence-electron chi connectivity index (χ1n) is 9.67. The van der Waals surface area contributed by atoms with Gasteiger partial charge in [0.1, 0.15) is 5.75 Å². The Bertz CT molecular complexity index is 795. The topological polar surface area (TPSA) is 32.7 Å². The highest BCUT2D eigenvalue weighted by atomic mass is 19.4. The van der Waals surface area contributed by atoms with E-state index in [0.717, 1.165) is 19.4 Å². The molecule has 0 aromatic heterocycles. The maximum Gasteiger partial charge on any atom is 0.573 e. The molecule has 2 aromatic carbocycles. The van der Waals surface area contributed by atoms with Crippen LogP contribution in [-0.4, -0.2) is 34.1 Å². The molecule has 28 heavy (non-hydrogen) atoms. The zero-order chi connectivity index (χ0) is 19.8. The molecule has 2 fully saturated rings. The van der Waals surface area contributed by atoms with Crippen molar-refractivity contribution in [3.63, 3.8) is 0 Å². The summed E-state index contributed by atoms with van der Waals surface area (Å²) in [6, 6.07) is 16.9. The lowest BCUT2D eigenvalue weighted by Gasteiger charge is -2.44. The number of hydrogen-bond donors (Lipinski definition) is 1. The molecular formula is C22H24F3NO2. The predicted octanol–water partition coefficient (Wildman–Crippen LogP) is 4.69. The van der Waals surface area contributed by atoms with Gasteiger partial charge in [-0.1, -0.05) is 48.5 Å². The quantitative estimate of drug-likeness (QED) is 0.803.